The first kappa shape index (κ1) is 71.5. The lowest BCUT2D eigenvalue weighted by molar-refractivity contribution is -0.870. The largest absolute Gasteiger partial charge is 0.472 e. The van der Waals surface area contributed by atoms with Crippen molar-refractivity contribution in [3.8, 4) is 0 Å². The third-order valence-corrected chi connectivity index (χ3v) is 14.4. The van der Waals surface area contributed by atoms with E-state index >= 15 is 0 Å². The van der Waals surface area contributed by atoms with Gasteiger partial charge >= 0.3 is 13.8 Å². The van der Waals surface area contributed by atoms with Crippen molar-refractivity contribution >= 4 is 19.7 Å². The van der Waals surface area contributed by atoms with Crippen LogP contribution in [0.15, 0.2) is 72.9 Å². The molecule has 0 aromatic rings. The van der Waals surface area contributed by atoms with Crippen molar-refractivity contribution in [2.45, 2.75) is 283 Å². The molecule has 430 valence electrons. The minimum atomic E-state index is -4.45. The van der Waals surface area contributed by atoms with Gasteiger partial charge in [0.15, 0.2) is 0 Å². The van der Waals surface area contributed by atoms with Crippen LogP contribution in [0.1, 0.15) is 271 Å². The van der Waals surface area contributed by atoms with E-state index in [-0.39, 0.29) is 31.5 Å². The highest BCUT2D eigenvalue weighted by atomic mass is 31.2. The second-order valence-electron chi connectivity index (χ2n) is 21.9. The van der Waals surface area contributed by atoms with Crippen LogP contribution in [0.5, 0.6) is 0 Å². The average molecular weight is 1060 g/mol. The van der Waals surface area contributed by atoms with Gasteiger partial charge in [-0.2, -0.15) is 0 Å². The smallest absolute Gasteiger partial charge is 0.456 e. The van der Waals surface area contributed by atoms with Crippen molar-refractivity contribution < 1.29 is 37.3 Å². The van der Waals surface area contributed by atoms with Gasteiger partial charge in [-0.15, -0.1) is 0 Å². The first-order valence-corrected chi connectivity index (χ1v) is 32.3. The van der Waals surface area contributed by atoms with Crippen molar-refractivity contribution in [2.24, 2.45) is 0 Å². The Hall–Kier alpha value is -2.55. The average Bonchev–Trinajstić information content (AvgIpc) is 3.36. The molecule has 0 saturated heterocycles. The second-order valence-corrected chi connectivity index (χ2v) is 23.3. The summed E-state index contributed by atoms with van der Waals surface area (Å²) in [6.45, 7) is 6.90. The van der Waals surface area contributed by atoms with Gasteiger partial charge in [0.25, 0.3) is 0 Å². The van der Waals surface area contributed by atoms with E-state index in [2.05, 4.69) is 86.8 Å². The van der Waals surface area contributed by atoms with E-state index in [1.165, 1.54) is 135 Å². The normalized spacial score (nSPS) is 14.2. The van der Waals surface area contributed by atoms with Gasteiger partial charge in [-0.3, -0.25) is 18.6 Å². The van der Waals surface area contributed by atoms with Gasteiger partial charge in [-0.1, -0.05) is 255 Å². The number of hydrogen-bond donors (Lipinski definition) is 2. The first-order valence-electron chi connectivity index (χ1n) is 30.8. The number of allylic oxidation sites excluding steroid dienone is 11. The highest BCUT2D eigenvalue weighted by Crippen LogP contribution is 2.43. The standard InChI is InChI=1S/C64H117N2O7P/c1-7-10-13-16-19-22-25-28-29-30-31-32-33-34-35-36-37-39-42-45-48-51-54-57-64(68)73-62(55-52-49-46-43-40-27-24-21-18-15-12-9-3)61(60-72-74(69,70)71-59-58-66(4,5)6)65-63(67)56-53-50-47-44-41-38-26-23-20-17-14-11-8-2/h10,13,19,22,28-29,31-32,34-35,52,55,61-62H,7-9,11-12,14-18,20-21,23-27,30,33,36-51,53-54,56-60H2,1-6H3,(H-,65,67,69,70)/p+1/b13-10-,22-19-,29-28-,32-31-,35-34-,55-52+. The van der Waals surface area contributed by atoms with Gasteiger partial charge in [0.1, 0.15) is 19.3 Å². The molecule has 0 aromatic heterocycles. The van der Waals surface area contributed by atoms with Gasteiger partial charge in [-0.05, 0) is 76.7 Å². The van der Waals surface area contributed by atoms with Crippen LogP contribution >= 0.6 is 7.82 Å². The Balaban J connectivity index is 5.22. The van der Waals surface area contributed by atoms with Crippen LogP contribution in [0.25, 0.3) is 0 Å². The fourth-order valence-electron chi connectivity index (χ4n) is 8.67. The SMILES string of the molecule is CC/C=C\C/C=C\C/C=C\C/C=C\C/C=C\CCCCCCCCCC(=O)OC(/C=C/CCCCCCCCCCCC)C(COP(=O)(O)OCC[N+](C)(C)C)NC(=O)CCCCCCCCCCCCCCC. The van der Waals surface area contributed by atoms with Gasteiger partial charge in [0.2, 0.25) is 5.91 Å². The maximum absolute atomic E-state index is 13.5. The number of ether oxygens (including phenoxy) is 1. The summed E-state index contributed by atoms with van der Waals surface area (Å²) in [5.74, 6) is -0.514. The first-order chi connectivity index (χ1) is 35.9. The minimum absolute atomic E-state index is 0.0373. The Morgan fingerprint density at radius 2 is 0.865 bits per heavy atom. The van der Waals surface area contributed by atoms with E-state index in [0.717, 1.165) is 103 Å². The van der Waals surface area contributed by atoms with Crippen LogP contribution in [0, 0.1) is 0 Å². The molecule has 2 N–H and O–H groups in total. The molecular formula is C64H118N2O7P+. The van der Waals surface area contributed by atoms with Gasteiger partial charge in [-0.25, -0.2) is 4.57 Å². The summed E-state index contributed by atoms with van der Waals surface area (Å²) < 4.78 is 30.7. The van der Waals surface area contributed by atoms with Crippen LogP contribution < -0.4 is 5.32 Å². The highest BCUT2D eigenvalue weighted by molar-refractivity contribution is 7.47. The molecule has 10 heteroatoms. The molecule has 0 rings (SSSR count). The van der Waals surface area contributed by atoms with Crippen molar-refractivity contribution in [1.29, 1.82) is 0 Å². The maximum atomic E-state index is 13.5. The molecule has 0 aliphatic carbocycles. The molecule has 0 spiro atoms. The van der Waals surface area contributed by atoms with Crippen LogP contribution in [0.3, 0.4) is 0 Å². The van der Waals surface area contributed by atoms with Crippen LogP contribution in [0.4, 0.5) is 0 Å². The number of unbranched alkanes of at least 4 members (excludes halogenated alkanes) is 29. The summed E-state index contributed by atoms with van der Waals surface area (Å²) in [7, 11) is 1.49. The summed E-state index contributed by atoms with van der Waals surface area (Å²) in [6, 6.07) is -0.852. The zero-order valence-electron chi connectivity index (χ0n) is 49.1. The number of phosphoric acid groups is 1. The molecule has 0 radical (unpaired) electrons. The van der Waals surface area contributed by atoms with Gasteiger partial charge < -0.3 is 19.4 Å². The van der Waals surface area contributed by atoms with E-state index in [9.17, 15) is 19.0 Å². The summed E-state index contributed by atoms with van der Waals surface area (Å²) in [4.78, 5) is 37.7. The molecule has 3 unspecified atom stereocenters. The second kappa shape index (κ2) is 53.8. The number of likely N-dealkylation sites (N-methyl/N-ethyl adjacent to an activating group) is 1. The zero-order valence-corrected chi connectivity index (χ0v) is 50.0. The Morgan fingerprint density at radius 1 is 0.486 bits per heavy atom. The number of carbonyl (C=O) groups is 2. The molecule has 0 saturated carbocycles. The van der Waals surface area contributed by atoms with E-state index in [4.69, 9.17) is 13.8 Å². The Kier molecular flexibility index (Phi) is 52.0. The lowest BCUT2D eigenvalue weighted by atomic mass is 10.0. The predicted molar refractivity (Wildman–Crippen MR) is 318 cm³/mol. The topological polar surface area (TPSA) is 111 Å². The molecule has 9 nitrogen and oxygen atoms in total. The van der Waals surface area contributed by atoms with E-state index in [1.54, 1.807) is 0 Å². The molecule has 0 fully saturated rings. The Labute approximate surface area is 457 Å². The number of rotatable bonds is 55. The van der Waals surface area contributed by atoms with E-state index in [0.29, 0.717) is 17.4 Å². The molecule has 3 atom stereocenters. The zero-order chi connectivity index (χ0) is 54.3. The predicted octanol–water partition coefficient (Wildman–Crippen LogP) is 18.8. The molecule has 0 heterocycles. The van der Waals surface area contributed by atoms with Crippen molar-refractivity contribution in [3.63, 3.8) is 0 Å². The monoisotopic (exact) mass is 1060 g/mol. The molecule has 0 aliphatic heterocycles. The van der Waals surface area contributed by atoms with E-state index in [1.807, 2.05) is 33.3 Å². The number of amides is 1. The van der Waals surface area contributed by atoms with Gasteiger partial charge in [0.05, 0.1) is 33.8 Å². The Morgan fingerprint density at radius 3 is 1.30 bits per heavy atom. The highest BCUT2D eigenvalue weighted by Gasteiger charge is 2.30. The van der Waals surface area contributed by atoms with Crippen molar-refractivity contribution in [2.75, 3.05) is 40.9 Å². The van der Waals surface area contributed by atoms with Crippen LogP contribution in [-0.4, -0.2) is 74.3 Å². The third kappa shape index (κ3) is 54.2. The number of hydrogen-bond acceptors (Lipinski definition) is 6. The number of esters is 1. The lowest BCUT2D eigenvalue weighted by Crippen LogP contribution is -2.47. The number of nitrogens with one attached hydrogen (secondary N) is 1. The minimum Gasteiger partial charge on any atom is -0.456 e. The van der Waals surface area contributed by atoms with Crippen LogP contribution in [-0.2, 0) is 27.9 Å². The van der Waals surface area contributed by atoms with E-state index < -0.39 is 20.0 Å². The summed E-state index contributed by atoms with van der Waals surface area (Å²) in [5, 5.41) is 3.05. The third-order valence-electron chi connectivity index (χ3n) is 13.4. The summed E-state index contributed by atoms with van der Waals surface area (Å²) in [6.07, 6.45) is 68.9. The Bertz CT molecular complexity index is 1500. The number of quaternary nitrogens is 1. The lowest BCUT2D eigenvalue weighted by Gasteiger charge is -2.27. The summed E-state index contributed by atoms with van der Waals surface area (Å²) >= 11 is 0. The number of phosphoric ester groups is 1. The van der Waals surface area contributed by atoms with Crippen LogP contribution in [0.2, 0.25) is 0 Å². The van der Waals surface area contributed by atoms with Gasteiger partial charge in [0, 0.05) is 12.8 Å². The maximum Gasteiger partial charge on any atom is 0.472 e. The molecular weight excluding hydrogens is 940 g/mol. The summed E-state index contributed by atoms with van der Waals surface area (Å²) in [5.41, 5.74) is 0. The number of nitrogens with zero attached hydrogens (tertiary/aromatic N) is 1. The van der Waals surface area contributed by atoms with Crippen molar-refractivity contribution in [3.05, 3.63) is 72.9 Å². The van der Waals surface area contributed by atoms with Crippen molar-refractivity contribution in [1.82, 2.24) is 5.32 Å². The fourth-order valence-corrected chi connectivity index (χ4v) is 9.41. The molecule has 1 amide bonds. The molecule has 74 heavy (non-hydrogen) atoms. The quantitative estimate of drug-likeness (QED) is 0.0205. The fraction of sp³-hybridized carbons (Fsp3) is 0.781. The molecule has 0 bridgehead atoms. The number of carbonyl (C=O) groups excluding carboxylic acids is 2. The molecule has 0 aromatic carbocycles. The molecule has 0 aliphatic rings.